The molecule has 200 valence electrons. The third kappa shape index (κ3) is 8.45. The van der Waals surface area contributed by atoms with Gasteiger partial charge in [-0.25, -0.2) is 0 Å². The molecule has 0 bridgehead atoms. The van der Waals surface area contributed by atoms with Crippen LogP contribution >= 0.6 is 0 Å². The molecule has 0 aliphatic heterocycles. The van der Waals surface area contributed by atoms with Gasteiger partial charge in [-0.1, -0.05) is 57.7 Å². The van der Waals surface area contributed by atoms with E-state index in [2.05, 4.69) is 22.5 Å². The van der Waals surface area contributed by atoms with Crippen LogP contribution in [0.3, 0.4) is 0 Å². The summed E-state index contributed by atoms with van der Waals surface area (Å²) in [5.41, 5.74) is 6.87. The van der Waals surface area contributed by atoms with E-state index < -0.39 is 53.5 Å². The Morgan fingerprint density at radius 3 is 2.30 bits per heavy atom. The standard InChI is InChI=1S/C27H33F3N4O3/c1-6-17-10-11-19(16(2)12-17)14-32-23(26(3,4)5)22(24(31)36)34-21(35)15-33-25(37)18-8-7-9-20(13-18)27(28,29)30/h6-13,22-23,32H,1,14-15H2,2-5H3,(H2,31,36)(H,33,37)(H,34,35). The number of benzene rings is 2. The van der Waals surface area contributed by atoms with E-state index in [0.29, 0.717) is 12.6 Å². The van der Waals surface area contributed by atoms with Crippen molar-refractivity contribution in [2.24, 2.45) is 11.1 Å². The van der Waals surface area contributed by atoms with Gasteiger partial charge in [0.2, 0.25) is 11.8 Å². The Hall–Kier alpha value is -3.66. The van der Waals surface area contributed by atoms with Gasteiger partial charge in [0, 0.05) is 18.2 Å². The molecule has 7 nitrogen and oxygen atoms in total. The predicted molar refractivity (Wildman–Crippen MR) is 136 cm³/mol. The van der Waals surface area contributed by atoms with Crippen LogP contribution in [0.15, 0.2) is 49.0 Å². The molecule has 37 heavy (non-hydrogen) atoms. The van der Waals surface area contributed by atoms with Crippen molar-refractivity contribution in [3.8, 4) is 0 Å². The van der Waals surface area contributed by atoms with Crippen molar-refractivity contribution >= 4 is 23.8 Å². The highest BCUT2D eigenvalue weighted by Crippen LogP contribution is 2.29. The van der Waals surface area contributed by atoms with Gasteiger partial charge in [0.25, 0.3) is 5.91 Å². The zero-order valence-corrected chi connectivity index (χ0v) is 21.3. The van der Waals surface area contributed by atoms with Crippen LogP contribution in [-0.2, 0) is 22.3 Å². The number of primary amides is 1. The van der Waals surface area contributed by atoms with Gasteiger partial charge in [-0.2, -0.15) is 13.2 Å². The quantitative estimate of drug-likeness (QED) is 0.385. The number of nitrogens with two attached hydrogens (primary N) is 1. The van der Waals surface area contributed by atoms with Gasteiger partial charge < -0.3 is 21.7 Å². The molecule has 2 aromatic rings. The lowest BCUT2D eigenvalue weighted by Crippen LogP contribution is -2.61. The second-order valence-electron chi connectivity index (χ2n) is 9.82. The third-order valence-electron chi connectivity index (χ3n) is 5.87. The number of hydrogen-bond acceptors (Lipinski definition) is 4. The highest BCUT2D eigenvalue weighted by Gasteiger charge is 2.36. The number of carbonyl (C=O) groups is 3. The van der Waals surface area contributed by atoms with Crippen LogP contribution in [0.2, 0.25) is 0 Å². The summed E-state index contributed by atoms with van der Waals surface area (Å²) in [4.78, 5) is 37.2. The molecule has 0 radical (unpaired) electrons. The van der Waals surface area contributed by atoms with Gasteiger partial charge in [0.1, 0.15) is 6.04 Å². The highest BCUT2D eigenvalue weighted by atomic mass is 19.4. The zero-order chi connectivity index (χ0) is 28.0. The van der Waals surface area contributed by atoms with Crippen LogP contribution in [0.1, 0.15) is 53.4 Å². The minimum atomic E-state index is -4.61. The molecule has 0 aromatic heterocycles. The molecule has 3 amide bonds. The maximum absolute atomic E-state index is 12.9. The Bertz CT molecular complexity index is 1160. The maximum Gasteiger partial charge on any atom is 0.416 e. The van der Waals surface area contributed by atoms with E-state index in [1.54, 1.807) is 6.08 Å². The number of hydrogen-bond donors (Lipinski definition) is 4. The van der Waals surface area contributed by atoms with Crippen molar-refractivity contribution < 1.29 is 27.6 Å². The molecule has 0 fully saturated rings. The number of amides is 3. The number of rotatable bonds is 10. The molecule has 0 saturated carbocycles. The average Bonchev–Trinajstić information content (AvgIpc) is 2.81. The Morgan fingerprint density at radius 1 is 1.08 bits per heavy atom. The molecule has 0 heterocycles. The number of halogens is 3. The zero-order valence-electron chi connectivity index (χ0n) is 21.3. The van der Waals surface area contributed by atoms with Crippen LogP contribution < -0.4 is 21.7 Å². The van der Waals surface area contributed by atoms with E-state index >= 15 is 0 Å². The van der Waals surface area contributed by atoms with Crippen LogP contribution in [0.5, 0.6) is 0 Å². The molecule has 0 aliphatic carbocycles. The maximum atomic E-state index is 12.9. The van der Waals surface area contributed by atoms with Gasteiger partial charge in [0.15, 0.2) is 0 Å². The number of carbonyl (C=O) groups excluding carboxylic acids is 3. The van der Waals surface area contributed by atoms with E-state index in [0.717, 1.165) is 28.8 Å². The number of nitrogens with one attached hydrogen (secondary N) is 3. The Balaban J connectivity index is 2.10. The normalized spacial score (nSPS) is 13.4. The highest BCUT2D eigenvalue weighted by molar-refractivity contribution is 5.97. The van der Waals surface area contributed by atoms with Crippen LogP contribution in [0.25, 0.3) is 6.08 Å². The summed E-state index contributed by atoms with van der Waals surface area (Å²) < 4.78 is 38.7. The minimum Gasteiger partial charge on any atom is -0.368 e. The first kappa shape index (κ1) is 29.6. The molecule has 0 saturated heterocycles. The third-order valence-corrected chi connectivity index (χ3v) is 5.87. The molecular weight excluding hydrogens is 485 g/mol. The number of aryl methyl sites for hydroxylation is 1. The number of alkyl halides is 3. The first-order valence-electron chi connectivity index (χ1n) is 11.6. The fraction of sp³-hybridized carbons (Fsp3) is 0.370. The lowest BCUT2D eigenvalue weighted by Gasteiger charge is -2.37. The largest absolute Gasteiger partial charge is 0.416 e. The average molecular weight is 519 g/mol. The molecule has 2 aromatic carbocycles. The molecule has 2 unspecified atom stereocenters. The van der Waals surface area contributed by atoms with E-state index in [4.69, 9.17) is 5.73 Å². The van der Waals surface area contributed by atoms with E-state index in [1.165, 1.54) is 6.07 Å². The molecule has 5 N–H and O–H groups in total. The van der Waals surface area contributed by atoms with Gasteiger partial charge in [0.05, 0.1) is 12.1 Å². The van der Waals surface area contributed by atoms with Crippen LogP contribution in [0.4, 0.5) is 13.2 Å². The van der Waals surface area contributed by atoms with E-state index in [9.17, 15) is 27.6 Å². The predicted octanol–water partition coefficient (Wildman–Crippen LogP) is 3.56. The van der Waals surface area contributed by atoms with Crippen molar-refractivity contribution in [1.29, 1.82) is 0 Å². The monoisotopic (exact) mass is 518 g/mol. The van der Waals surface area contributed by atoms with Crippen LogP contribution in [0, 0.1) is 12.3 Å². The van der Waals surface area contributed by atoms with Gasteiger partial charge in [-0.05, 0) is 47.2 Å². The minimum absolute atomic E-state index is 0.249. The summed E-state index contributed by atoms with van der Waals surface area (Å²) in [5, 5.41) is 8.14. The Labute approximate surface area is 214 Å². The first-order valence-corrected chi connectivity index (χ1v) is 11.6. The Morgan fingerprint density at radius 2 is 1.76 bits per heavy atom. The van der Waals surface area contributed by atoms with Gasteiger partial charge >= 0.3 is 6.18 Å². The first-order chi connectivity index (χ1) is 17.1. The smallest absolute Gasteiger partial charge is 0.368 e. The SMILES string of the molecule is C=Cc1ccc(CNC(C(NC(=O)CNC(=O)c2cccc(C(F)(F)F)c2)C(N)=O)C(C)(C)C)c(C)c1. The second kappa shape index (κ2) is 12.1. The second-order valence-corrected chi connectivity index (χ2v) is 9.82. The lowest BCUT2D eigenvalue weighted by atomic mass is 9.81. The summed E-state index contributed by atoms with van der Waals surface area (Å²) in [6.07, 6.45) is -2.86. The van der Waals surface area contributed by atoms with Crippen LogP contribution in [-0.4, -0.2) is 36.3 Å². The fourth-order valence-electron chi connectivity index (χ4n) is 3.83. The molecule has 2 atom stereocenters. The van der Waals surface area contributed by atoms with Crippen molar-refractivity contribution in [2.45, 2.75) is 52.5 Å². The van der Waals surface area contributed by atoms with Crippen molar-refractivity contribution in [3.63, 3.8) is 0 Å². The summed E-state index contributed by atoms with van der Waals surface area (Å²) in [6.45, 7) is 11.2. The molecule has 0 spiro atoms. The molecule has 2 rings (SSSR count). The molecular formula is C27H33F3N4O3. The van der Waals surface area contributed by atoms with Crippen molar-refractivity contribution in [2.75, 3.05) is 6.54 Å². The summed E-state index contributed by atoms with van der Waals surface area (Å²) in [7, 11) is 0. The fourth-order valence-corrected chi connectivity index (χ4v) is 3.83. The summed E-state index contributed by atoms with van der Waals surface area (Å²) >= 11 is 0. The lowest BCUT2D eigenvalue weighted by molar-refractivity contribution is -0.137. The summed E-state index contributed by atoms with van der Waals surface area (Å²) in [5.74, 6) is -2.35. The van der Waals surface area contributed by atoms with Gasteiger partial charge in [-0.15, -0.1) is 0 Å². The van der Waals surface area contributed by atoms with Crippen molar-refractivity contribution in [3.05, 3.63) is 76.9 Å². The van der Waals surface area contributed by atoms with Gasteiger partial charge in [-0.3, -0.25) is 14.4 Å². The molecule has 0 aliphatic rings. The van der Waals surface area contributed by atoms with Crippen molar-refractivity contribution in [1.82, 2.24) is 16.0 Å². The molecule has 10 heteroatoms. The van der Waals surface area contributed by atoms with E-state index in [-0.39, 0.29) is 5.56 Å². The van der Waals surface area contributed by atoms with E-state index in [1.807, 2.05) is 45.9 Å². The Kier molecular flexibility index (Phi) is 9.63. The summed E-state index contributed by atoms with van der Waals surface area (Å²) in [6, 6.07) is 8.00. The topological polar surface area (TPSA) is 113 Å².